The maximum Gasteiger partial charge on any atom is 0.345 e. The number of pyridine rings is 1. The molecule has 0 saturated heterocycles. The maximum atomic E-state index is 11.9. The zero-order valence-corrected chi connectivity index (χ0v) is 16.4. The molecule has 0 fully saturated rings. The molecule has 0 saturated carbocycles. The van der Waals surface area contributed by atoms with Crippen LogP contribution >= 0.6 is 11.6 Å². The molecule has 150 valence electrons. The van der Waals surface area contributed by atoms with Crippen molar-refractivity contribution in [3.8, 4) is 5.75 Å². The summed E-state index contributed by atoms with van der Waals surface area (Å²) < 4.78 is 5.87. The molecule has 4 heterocycles. The molecule has 5 rings (SSSR count). The summed E-state index contributed by atoms with van der Waals surface area (Å²) in [5, 5.41) is 21.0. The second-order valence-electron chi connectivity index (χ2n) is 7.12. The fourth-order valence-corrected chi connectivity index (χ4v) is 4.02. The molecule has 2 aromatic heterocycles. The number of halogens is 1. The van der Waals surface area contributed by atoms with E-state index in [0.29, 0.717) is 29.5 Å². The number of carbonyl (C=O) groups is 1. The van der Waals surface area contributed by atoms with Gasteiger partial charge in [-0.1, -0.05) is 17.7 Å². The number of furan rings is 1. The number of carboxylic acid groups (broad SMARTS) is 1. The van der Waals surface area contributed by atoms with Gasteiger partial charge >= 0.3 is 5.97 Å². The fraction of sp³-hybridized carbons (Fsp3) is 0.136. The van der Waals surface area contributed by atoms with Crippen LogP contribution in [-0.4, -0.2) is 33.9 Å². The Kier molecular flexibility index (Phi) is 4.33. The first kappa shape index (κ1) is 18.4. The molecule has 7 nitrogen and oxygen atoms in total. The summed E-state index contributed by atoms with van der Waals surface area (Å²) in [5.41, 5.74) is 3.38. The third kappa shape index (κ3) is 3.04. The number of hydrogen-bond acceptors (Lipinski definition) is 6. The van der Waals surface area contributed by atoms with Gasteiger partial charge in [-0.05, 0) is 47.9 Å². The Balaban J connectivity index is 1.55. The molecule has 0 radical (unpaired) electrons. The predicted molar refractivity (Wildman–Crippen MR) is 114 cm³/mol. The number of hydrogen-bond donors (Lipinski definition) is 2. The van der Waals surface area contributed by atoms with Gasteiger partial charge in [-0.15, -0.1) is 0 Å². The molecule has 0 spiro atoms. The average Bonchev–Trinajstić information content (AvgIpc) is 3.29. The van der Waals surface area contributed by atoms with Gasteiger partial charge in [0.1, 0.15) is 0 Å². The molecular formula is C22H16ClN3O4. The van der Waals surface area contributed by atoms with Crippen molar-refractivity contribution in [3.05, 3.63) is 69.6 Å². The lowest BCUT2D eigenvalue weighted by molar-refractivity contribution is 0.0694. The summed E-state index contributed by atoms with van der Waals surface area (Å²) >= 11 is 6.12. The number of aromatic hydroxyl groups is 1. The monoisotopic (exact) mass is 421 g/mol. The highest BCUT2D eigenvalue weighted by Gasteiger charge is 2.30. The predicted octanol–water partition coefficient (Wildman–Crippen LogP) is 4.55. The fourth-order valence-electron chi connectivity index (χ4n) is 3.82. The lowest BCUT2D eigenvalue weighted by Crippen LogP contribution is -2.31. The third-order valence-corrected chi connectivity index (χ3v) is 5.52. The van der Waals surface area contributed by atoms with Gasteiger partial charge < -0.3 is 19.5 Å². The van der Waals surface area contributed by atoms with Gasteiger partial charge in [0.05, 0.1) is 0 Å². The number of rotatable bonds is 3. The molecule has 3 aromatic rings. The minimum Gasteiger partial charge on any atom is -0.504 e. The lowest BCUT2D eigenvalue weighted by Gasteiger charge is -2.29. The van der Waals surface area contributed by atoms with Crippen LogP contribution < -0.4 is 4.90 Å². The Morgan fingerprint density at radius 1 is 1.27 bits per heavy atom. The van der Waals surface area contributed by atoms with Crippen molar-refractivity contribution in [1.29, 1.82) is 0 Å². The van der Waals surface area contributed by atoms with Gasteiger partial charge in [-0.25, -0.2) is 14.8 Å². The van der Waals surface area contributed by atoms with Crippen molar-refractivity contribution >= 4 is 47.1 Å². The van der Waals surface area contributed by atoms with E-state index in [9.17, 15) is 15.0 Å². The number of anilines is 1. The highest BCUT2D eigenvalue weighted by Crippen LogP contribution is 2.40. The molecule has 2 aliphatic heterocycles. The first-order valence-electron chi connectivity index (χ1n) is 9.33. The number of aromatic nitrogens is 1. The van der Waals surface area contributed by atoms with E-state index in [0.717, 1.165) is 23.1 Å². The SMILES string of the molecule is O=C(O)c1c(N2CCc3ccc(Cl)cc3C2)oc(C=C2C=Nc3ncccc32)c1O. The van der Waals surface area contributed by atoms with Crippen LogP contribution in [0.2, 0.25) is 5.02 Å². The topological polar surface area (TPSA) is 99.2 Å². The van der Waals surface area contributed by atoms with Gasteiger partial charge in [0, 0.05) is 41.7 Å². The molecule has 0 aliphatic carbocycles. The molecule has 2 N–H and O–H groups in total. The minimum atomic E-state index is -1.25. The van der Waals surface area contributed by atoms with Crippen LogP contribution in [0.3, 0.4) is 0 Å². The standard InChI is InChI=1S/C22H16ClN3O4/c23-15-4-3-12-5-7-26(11-14(12)8-15)21-18(22(28)29)19(27)17(30-21)9-13-10-25-20-16(13)2-1-6-24-20/h1-4,6,8-10,27H,5,7,11H2,(H,28,29). The molecule has 30 heavy (non-hydrogen) atoms. The van der Waals surface area contributed by atoms with Crippen LogP contribution in [0, 0.1) is 0 Å². The highest BCUT2D eigenvalue weighted by molar-refractivity contribution is 6.30. The Morgan fingerprint density at radius 2 is 2.13 bits per heavy atom. The van der Waals surface area contributed by atoms with E-state index in [1.54, 1.807) is 24.6 Å². The molecule has 2 aliphatic rings. The van der Waals surface area contributed by atoms with E-state index in [4.69, 9.17) is 16.0 Å². The number of aliphatic imine (C=N–C) groups is 1. The average molecular weight is 422 g/mol. The van der Waals surface area contributed by atoms with Gasteiger partial charge in [-0.3, -0.25) is 0 Å². The van der Waals surface area contributed by atoms with Crippen molar-refractivity contribution in [2.45, 2.75) is 13.0 Å². The third-order valence-electron chi connectivity index (χ3n) is 5.28. The summed E-state index contributed by atoms with van der Waals surface area (Å²) in [6.45, 7) is 0.999. The van der Waals surface area contributed by atoms with Crippen LogP contribution in [-0.2, 0) is 13.0 Å². The van der Waals surface area contributed by atoms with Gasteiger partial charge in [0.25, 0.3) is 0 Å². The summed E-state index contributed by atoms with van der Waals surface area (Å²) in [6, 6.07) is 9.33. The number of carboxylic acids is 1. The van der Waals surface area contributed by atoms with Gasteiger partial charge in [0.2, 0.25) is 5.88 Å². The largest absolute Gasteiger partial charge is 0.504 e. The molecule has 0 amide bonds. The molecule has 0 atom stereocenters. The number of aromatic carboxylic acids is 1. The lowest BCUT2D eigenvalue weighted by atomic mass is 10.00. The van der Waals surface area contributed by atoms with Crippen molar-refractivity contribution in [3.63, 3.8) is 0 Å². The van der Waals surface area contributed by atoms with Crippen LogP contribution in [0.1, 0.15) is 32.8 Å². The van der Waals surface area contributed by atoms with Crippen molar-refractivity contribution < 1.29 is 19.4 Å². The second-order valence-corrected chi connectivity index (χ2v) is 7.55. The van der Waals surface area contributed by atoms with E-state index < -0.39 is 11.7 Å². The highest BCUT2D eigenvalue weighted by atomic mass is 35.5. The molecule has 0 unspecified atom stereocenters. The normalized spacial score (nSPS) is 16.0. The van der Waals surface area contributed by atoms with Crippen LogP contribution in [0.5, 0.6) is 5.75 Å². The van der Waals surface area contributed by atoms with E-state index in [1.807, 2.05) is 29.2 Å². The van der Waals surface area contributed by atoms with E-state index in [-0.39, 0.29) is 17.2 Å². The Labute approximate surface area is 176 Å². The van der Waals surface area contributed by atoms with E-state index in [2.05, 4.69) is 9.98 Å². The maximum absolute atomic E-state index is 11.9. The second kappa shape index (κ2) is 7.03. The number of nitrogens with zero attached hydrogens (tertiary/aromatic N) is 3. The molecule has 0 bridgehead atoms. The van der Waals surface area contributed by atoms with Crippen LogP contribution in [0.25, 0.3) is 11.6 Å². The zero-order valence-electron chi connectivity index (χ0n) is 15.7. The zero-order chi connectivity index (χ0) is 20.8. The number of fused-ring (bicyclic) bond motifs is 2. The minimum absolute atomic E-state index is 0.0671. The Hall–Kier alpha value is -3.58. The van der Waals surface area contributed by atoms with Crippen LogP contribution in [0.4, 0.5) is 11.7 Å². The van der Waals surface area contributed by atoms with E-state index >= 15 is 0 Å². The van der Waals surface area contributed by atoms with Crippen molar-refractivity contribution in [2.24, 2.45) is 4.99 Å². The first-order valence-corrected chi connectivity index (χ1v) is 9.71. The van der Waals surface area contributed by atoms with Gasteiger partial charge in [0.15, 0.2) is 22.9 Å². The molecule has 8 heteroatoms. The summed E-state index contributed by atoms with van der Waals surface area (Å²) in [4.78, 5) is 22.1. The molecular weight excluding hydrogens is 406 g/mol. The van der Waals surface area contributed by atoms with Crippen molar-refractivity contribution in [1.82, 2.24) is 4.98 Å². The number of allylic oxidation sites excluding steroid dienone is 1. The quantitative estimate of drug-likeness (QED) is 0.643. The smallest absolute Gasteiger partial charge is 0.345 e. The van der Waals surface area contributed by atoms with E-state index in [1.165, 1.54) is 0 Å². The summed E-state index contributed by atoms with van der Waals surface area (Å²) in [6.07, 6.45) is 5.55. The first-order chi connectivity index (χ1) is 14.5. The number of benzene rings is 1. The van der Waals surface area contributed by atoms with Crippen LogP contribution in [0.15, 0.2) is 45.9 Å². The summed E-state index contributed by atoms with van der Waals surface area (Å²) in [7, 11) is 0. The molecule has 1 aromatic carbocycles. The Morgan fingerprint density at radius 3 is 2.97 bits per heavy atom. The Bertz CT molecular complexity index is 1250. The van der Waals surface area contributed by atoms with Gasteiger partial charge in [-0.2, -0.15) is 0 Å². The van der Waals surface area contributed by atoms with Crippen molar-refractivity contribution in [2.75, 3.05) is 11.4 Å². The summed E-state index contributed by atoms with van der Waals surface area (Å²) in [5.74, 6) is -0.906.